The number of amides is 1. The summed E-state index contributed by atoms with van der Waals surface area (Å²) in [5.41, 5.74) is 8.29. The number of carbonyl (C=O) groups excluding carboxylic acids is 1. The second kappa shape index (κ2) is 13.0. The molecular weight excluding hydrogens is 647 g/mol. The molecule has 1 spiro atoms. The number of carbonyl (C=O) groups is 1. The summed E-state index contributed by atoms with van der Waals surface area (Å²) in [6.07, 6.45) is 7.29. The molecule has 6 nitrogen and oxygen atoms in total. The van der Waals surface area contributed by atoms with Crippen LogP contribution in [0.3, 0.4) is 0 Å². The lowest BCUT2D eigenvalue weighted by Crippen LogP contribution is -2.61. The van der Waals surface area contributed by atoms with Crippen molar-refractivity contribution < 1.29 is 18.0 Å². The highest BCUT2D eigenvalue weighted by Gasteiger charge is 2.46. The highest BCUT2D eigenvalue weighted by Crippen LogP contribution is 2.52. The van der Waals surface area contributed by atoms with E-state index in [4.69, 9.17) is 9.97 Å². The molecule has 3 saturated heterocycles. The highest BCUT2D eigenvalue weighted by molar-refractivity contribution is 5.99. The Morgan fingerprint density at radius 3 is 2.39 bits per heavy atom. The van der Waals surface area contributed by atoms with Gasteiger partial charge < -0.3 is 14.7 Å². The third kappa shape index (κ3) is 6.49. The van der Waals surface area contributed by atoms with E-state index in [-0.39, 0.29) is 23.7 Å². The molecule has 3 aliphatic heterocycles. The van der Waals surface area contributed by atoms with Gasteiger partial charge in [0.25, 0.3) is 0 Å². The van der Waals surface area contributed by atoms with Crippen LogP contribution in [-0.4, -0.2) is 78.2 Å². The van der Waals surface area contributed by atoms with Crippen molar-refractivity contribution in [1.82, 2.24) is 19.8 Å². The van der Waals surface area contributed by atoms with Crippen LogP contribution < -0.4 is 4.90 Å². The maximum Gasteiger partial charge on any atom is 0.389 e. The second-order valence-electron chi connectivity index (χ2n) is 16.3. The molecule has 1 saturated carbocycles. The zero-order chi connectivity index (χ0) is 35.7. The van der Waals surface area contributed by atoms with Gasteiger partial charge in [0.15, 0.2) is 0 Å². The molecule has 270 valence electrons. The first-order chi connectivity index (χ1) is 24.4. The molecule has 5 aliphatic rings. The molecule has 0 N–H and O–H groups in total. The van der Waals surface area contributed by atoms with Crippen LogP contribution in [0.15, 0.2) is 36.9 Å². The van der Waals surface area contributed by atoms with Crippen molar-refractivity contribution in [3.8, 4) is 11.1 Å². The van der Waals surface area contributed by atoms with Gasteiger partial charge in [-0.05, 0) is 141 Å². The van der Waals surface area contributed by atoms with Gasteiger partial charge in [-0.25, -0.2) is 9.97 Å². The Balaban J connectivity index is 1.32. The number of nitrogens with zero attached hydrogens (tertiary/aromatic N) is 5. The average molecular weight is 698 g/mol. The summed E-state index contributed by atoms with van der Waals surface area (Å²) in [4.78, 5) is 29.5. The molecular formula is C42H50F3N5O. The van der Waals surface area contributed by atoms with Gasteiger partial charge in [-0.1, -0.05) is 37.8 Å². The number of fused-ring (bicyclic) bond motifs is 2. The zero-order valence-corrected chi connectivity index (χ0v) is 30.3. The molecule has 1 amide bonds. The number of allylic oxidation sites excluding steroid dienone is 1. The summed E-state index contributed by atoms with van der Waals surface area (Å²) in [6.45, 7) is 13.0. The Kier molecular flexibility index (Phi) is 8.79. The minimum atomic E-state index is -4.30. The third-order valence-corrected chi connectivity index (χ3v) is 12.6. The normalized spacial score (nSPS) is 22.4. The topological polar surface area (TPSA) is 52.6 Å². The third-order valence-electron chi connectivity index (χ3n) is 12.6. The Morgan fingerprint density at radius 1 is 1.00 bits per heavy atom. The van der Waals surface area contributed by atoms with E-state index in [1.54, 1.807) is 0 Å². The molecule has 51 heavy (non-hydrogen) atoms. The largest absolute Gasteiger partial charge is 0.389 e. The van der Waals surface area contributed by atoms with Crippen LogP contribution in [0.1, 0.15) is 110 Å². The maximum atomic E-state index is 14.3. The van der Waals surface area contributed by atoms with Gasteiger partial charge in [-0.3, -0.25) is 4.79 Å². The minimum absolute atomic E-state index is 0.0118. The molecule has 9 heteroatoms. The molecule has 3 aromatic rings. The first-order valence-corrected chi connectivity index (χ1v) is 19.0. The smallest absolute Gasteiger partial charge is 0.356 e. The first kappa shape index (κ1) is 34.4. The number of rotatable bonds is 7. The van der Waals surface area contributed by atoms with Gasteiger partial charge in [0.1, 0.15) is 11.6 Å². The summed E-state index contributed by atoms with van der Waals surface area (Å²) in [5.74, 6) is 2.45. The number of aromatic nitrogens is 2. The minimum Gasteiger partial charge on any atom is -0.356 e. The van der Waals surface area contributed by atoms with E-state index in [9.17, 15) is 18.0 Å². The van der Waals surface area contributed by atoms with Crippen LogP contribution in [0.5, 0.6) is 0 Å². The van der Waals surface area contributed by atoms with Crippen molar-refractivity contribution in [2.24, 2.45) is 5.41 Å². The Labute approximate surface area is 299 Å². The maximum absolute atomic E-state index is 14.3. The fourth-order valence-electron chi connectivity index (χ4n) is 9.33. The van der Waals surface area contributed by atoms with E-state index in [1.165, 1.54) is 11.6 Å². The monoisotopic (exact) mass is 697 g/mol. The van der Waals surface area contributed by atoms with E-state index >= 15 is 0 Å². The number of anilines is 1. The van der Waals surface area contributed by atoms with Crippen molar-refractivity contribution >= 4 is 28.7 Å². The number of aryl methyl sites for hydroxylation is 2. The van der Waals surface area contributed by atoms with Gasteiger partial charge in [-0.15, -0.1) is 0 Å². The number of hydrogen-bond acceptors (Lipinski definition) is 5. The van der Waals surface area contributed by atoms with Crippen LogP contribution in [0, 0.1) is 12.3 Å². The molecule has 0 bridgehead atoms. The average Bonchev–Trinajstić information content (AvgIpc) is 3.94. The lowest BCUT2D eigenvalue weighted by atomic mass is 9.72. The quantitative estimate of drug-likeness (QED) is 0.231. The van der Waals surface area contributed by atoms with Gasteiger partial charge in [0, 0.05) is 49.3 Å². The van der Waals surface area contributed by atoms with E-state index in [0.29, 0.717) is 17.4 Å². The van der Waals surface area contributed by atoms with E-state index in [2.05, 4.69) is 67.6 Å². The number of hydrogen-bond donors (Lipinski definition) is 0. The van der Waals surface area contributed by atoms with Crippen molar-refractivity contribution in [2.75, 3.05) is 51.2 Å². The summed E-state index contributed by atoms with van der Waals surface area (Å²) in [7, 11) is 2.13. The summed E-state index contributed by atoms with van der Waals surface area (Å²) in [6, 6.07) is 6.66. The SMILES string of the molecule is C=CC(=O)N1CC2(CCN(c3nc(C4CCN(C)CC4)nc4c(CCC(F)(F)F)c(-c5c(C)ccc6c5C=CCC6C)c(C5CC5)cc34)CC2)C1. The first-order valence-electron chi connectivity index (χ1n) is 19.0. The fraction of sp³-hybridized carbons (Fsp3) is 0.548. The molecule has 2 aliphatic carbocycles. The standard InChI is InChI=1S/C42H50F3N5O/c1-5-35(51)50-24-41(25-50)17-21-49(22-18-41)40-34-23-33(28-10-11-28)37(36-27(3)9-12-30-26(2)7-6-8-31(30)36)32(13-16-42(43,44)45)38(34)46-39(47-40)29-14-19-48(4)20-15-29/h5-6,8-9,12,23,26,28-29H,1,7,10-11,13-22,24-25H2,2-4H3. The molecule has 1 atom stereocenters. The number of benzene rings is 2. The second-order valence-corrected chi connectivity index (χ2v) is 16.3. The Morgan fingerprint density at radius 2 is 1.73 bits per heavy atom. The molecule has 1 unspecified atom stereocenters. The predicted molar refractivity (Wildman–Crippen MR) is 198 cm³/mol. The van der Waals surface area contributed by atoms with Crippen LogP contribution in [-0.2, 0) is 11.2 Å². The van der Waals surface area contributed by atoms with E-state index in [0.717, 1.165) is 135 Å². The predicted octanol–water partition coefficient (Wildman–Crippen LogP) is 8.92. The van der Waals surface area contributed by atoms with Gasteiger partial charge >= 0.3 is 6.18 Å². The van der Waals surface area contributed by atoms with Crippen LogP contribution in [0.2, 0.25) is 0 Å². The van der Waals surface area contributed by atoms with Crippen molar-refractivity contribution in [1.29, 1.82) is 0 Å². The molecule has 4 heterocycles. The molecule has 0 radical (unpaired) electrons. The van der Waals surface area contributed by atoms with Crippen molar-refractivity contribution in [3.05, 3.63) is 70.6 Å². The molecule has 8 rings (SSSR count). The highest BCUT2D eigenvalue weighted by atomic mass is 19.4. The summed E-state index contributed by atoms with van der Waals surface area (Å²) < 4.78 is 42.8. The summed E-state index contributed by atoms with van der Waals surface area (Å²) in [5, 5.41) is 0.897. The Bertz CT molecular complexity index is 1890. The van der Waals surface area contributed by atoms with Gasteiger partial charge in [0.2, 0.25) is 5.91 Å². The van der Waals surface area contributed by atoms with Gasteiger partial charge in [-0.2, -0.15) is 13.2 Å². The number of alkyl halides is 3. The summed E-state index contributed by atoms with van der Waals surface area (Å²) >= 11 is 0. The van der Waals surface area contributed by atoms with E-state index < -0.39 is 12.6 Å². The number of piperidine rings is 2. The molecule has 2 aromatic carbocycles. The van der Waals surface area contributed by atoms with Crippen LogP contribution in [0.25, 0.3) is 28.1 Å². The molecule has 1 aromatic heterocycles. The molecule has 4 fully saturated rings. The number of halogens is 3. The lowest BCUT2D eigenvalue weighted by molar-refractivity contribution is -0.139. The Hall–Kier alpha value is -3.72. The van der Waals surface area contributed by atoms with Crippen molar-refractivity contribution in [2.45, 2.75) is 95.6 Å². The van der Waals surface area contributed by atoms with Crippen LogP contribution >= 0.6 is 0 Å². The van der Waals surface area contributed by atoms with Crippen LogP contribution in [0.4, 0.5) is 19.0 Å². The van der Waals surface area contributed by atoms with Gasteiger partial charge in [0.05, 0.1) is 5.52 Å². The van der Waals surface area contributed by atoms with Crippen molar-refractivity contribution in [3.63, 3.8) is 0 Å². The van der Waals surface area contributed by atoms with E-state index in [1.807, 2.05) is 4.90 Å². The zero-order valence-electron chi connectivity index (χ0n) is 30.3. The lowest BCUT2D eigenvalue weighted by Gasteiger charge is -2.54. The fourth-order valence-corrected chi connectivity index (χ4v) is 9.33. The number of likely N-dealkylation sites (tertiary alicyclic amines) is 2.